The Hall–Kier alpha value is -1.78. The Balaban J connectivity index is 2.07. The van der Waals surface area contributed by atoms with Crippen LogP contribution in [-0.2, 0) is 20.0 Å². The van der Waals surface area contributed by atoms with Crippen molar-refractivity contribution >= 4 is 5.82 Å². The Morgan fingerprint density at radius 2 is 2.29 bits per heavy atom. The molecule has 1 aliphatic rings. The Labute approximate surface area is 100 Å². The summed E-state index contributed by atoms with van der Waals surface area (Å²) in [5.41, 5.74) is 8.05. The normalized spacial score (nSPS) is 19.3. The molecule has 0 saturated heterocycles. The zero-order valence-electron chi connectivity index (χ0n) is 10.2. The lowest BCUT2D eigenvalue weighted by molar-refractivity contribution is 0.412. The summed E-state index contributed by atoms with van der Waals surface area (Å²) in [6.07, 6.45) is 5.97. The fraction of sp³-hybridized carbons (Fsp3) is 0.500. The summed E-state index contributed by atoms with van der Waals surface area (Å²) < 4.78 is 3.91. The zero-order valence-corrected chi connectivity index (χ0v) is 10.2. The van der Waals surface area contributed by atoms with Crippen LogP contribution in [0.5, 0.6) is 0 Å². The molecule has 90 valence electrons. The lowest BCUT2D eigenvalue weighted by Gasteiger charge is -2.20. The van der Waals surface area contributed by atoms with Crippen molar-refractivity contribution in [1.82, 2.24) is 19.3 Å². The second-order valence-electron chi connectivity index (χ2n) is 4.91. The predicted molar refractivity (Wildman–Crippen MR) is 66.3 cm³/mol. The largest absolute Gasteiger partial charge is 0.383 e. The molecule has 1 atom stereocenters. The average molecular weight is 231 g/mol. The molecule has 1 aliphatic heterocycles. The van der Waals surface area contributed by atoms with Gasteiger partial charge in [0.05, 0.1) is 6.20 Å². The molecule has 0 spiro atoms. The van der Waals surface area contributed by atoms with E-state index in [-0.39, 0.29) is 0 Å². The molecule has 3 heterocycles. The number of hydrogen-bond acceptors (Lipinski definition) is 3. The number of rotatable bonds is 1. The molecular formula is C12H17N5. The minimum absolute atomic E-state index is 0.700. The quantitative estimate of drug-likeness (QED) is 0.808. The molecule has 17 heavy (non-hydrogen) atoms. The molecule has 5 nitrogen and oxygen atoms in total. The van der Waals surface area contributed by atoms with Crippen LogP contribution in [0.3, 0.4) is 0 Å². The maximum atomic E-state index is 6.17. The van der Waals surface area contributed by atoms with E-state index in [0.717, 1.165) is 35.9 Å². The second-order valence-corrected chi connectivity index (χ2v) is 4.91. The summed E-state index contributed by atoms with van der Waals surface area (Å²) in [6.45, 7) is 3.24. The van der Waals surface area contributed by atoms with Gasteiger partial charge in [-0.05, 0) is 12.3 Å². The number of aromatic nitrogens is 4. The minimum atomic E-state index is 0.700. The molecule has 3 rings (SSSR count). The second kappa shape index (κ2) is 3.61. The van der Waals surface area contributed by atoms with Gasteiger partial charge in [-0.3, -0.25) is 4.68 Å². The number of nitrogens with zero attached hydrogens (tertiary/aromatic N) is 4. The summed E-state index contributed by atoms with van der Waals surface area (Å²) in [7, 11) is 1.90. The van der Waals surface area contributed by atoms with E-state index in [0.29, 0.717) is 5.92 Å². The Morgan fingerprint density at radius 1 is 1.47 bits per heavy atom. The molecule has 0 fully saturated rings. The predicted octanol–water partition coefficient (Wildman–Crippen LogP) is 1.45. The minimum Gasteiger partial charge on any atom is -0.383 e. The van der Waals surface area contributed by atoms with Crippen LogP contribution in [0, 0.1) is 5.92 Å². The van der Waals surface area contributed by atoms with Crippen LogP contribution < -0.4 is 5.73 Å². The van der Waals surface area contributed by atoms with Gasteiger partial charge in [-0.25, -0.2) is 4.98 Å². The topological polar surface area (TPSA) is 61.7 Å². The summed E-state index contributed by atoms with van der Waals surface area (Å²) in [6, 6.07) is 0. The molecule has 0 saturated carbocycles. The molecule has 5 heteroatoms. The molecule has 0 aliphatic carbocycles. The third-order valence-electron chi connectivity index (χ3n) is 3.44. The monoisotopic (exact) mass is 231 g/mol. The highest BCUT2D eigenvalue weighted by Crippen LogP contribution is 2.30. The first kappa shape index (κ1) is 10.4. The number of aryl methyl sites for hydroxylation is 1. The first-order valence-electron chi connectivity index (χ1n) is 5.99. The third kappa shape index (κ3) is 1.62. The smallest absolute Gasteiger partial charge is 0.131 e. The van der Waals surface area contributed by atoms with Crippen LogP contribution in [0.15, 0.2) is 12.4 Å². The first-order chi connectivity index (χ1) is 8.15. The Bertz CT molecular complexity index is 551. The number of fused-ring (bicyclic) bond motifs is 1. The van der Waals surface area contributed by atoms with Gasteiger partial charge >= 0.3 is 0 Å². The lowest BCUT2D eigenvalue weighted by atomic mass is 10.0. The van der Waals surface area contributed by atoms with Crippen molar-refractivity contribution in [3.8, 4) is 11.3 Å². The average Bonchev–Trinajstić information content (AvgIpc) is 2.83. The summed E-state index contributed by atoms with van der Waals surface area (Å²) in [5, 5.41) is 4.17. The van der Waals surface area contributed by atoms with Crippen LogP contribution in [-0.4, -0.2) is 19.3 Å². The zero-order chi connectivity index (χ0) is 12.0. The number of anilines is 1. The van der Waals surface area contributed by atoms with E-state index in [4.69, 9.17) is 5.73 Å². The molecular weight excluding hydrogens is 214 g/mol. The first-order valence-corrected chi connectivity index (χ1v) is 5.99. The van der Waals surface area contributed by atoms with Crippen molar-refractivity contribution in [3.63, 3.8) is 0 Å². The van der Waals surface area contributed by atoms with Crippen molar-refractivity contribution in [2.75, 3.05) is 5.73 Å². The van der Waals surface area contributed by atoms with Crippen molar-refractivity contribution in [3.05, 3.63) is 18.2 Å². The maximum absolute atomic E-state index is 6.17. The van der Waals surface area contributed by atoms with Gasteiger partial charge in [-0.2, -0.15) is 5.10 Å². The molecule has 0 amide bonds. The van der Waals surface area contributed by atoms with Gasteiger partial charge in [0, 0.05) is 31.8 Å². The third-order valence-corrected chi connectivity index (χ3v) is 3.44. The summed E-state index contributed by atoms with van der Waals surface area (Å²) in [4.78, 5) is 4.67. The number of nitrogen functional groups attached to an aromatic ring is 1. The van der Waals surface area contributed by atoms with E-state index in [9.17, 15) is 0 Å². The molecule has 0 bridgehead atoms. The highest BCUT2D eigenvalue weighted by Gasteiger charge is 2.22. The van der Waals surface area contributed by atoms with Gasteiger partial charge < -0.3 is 10.3 Å². The van der Waals surface area contributed by atoms with Crippen molar-refractivity contribution in [2.45, 2.75) is 26.3 Å². The van der Waals surface area contributed by atoms with Crippen molar-refractivity contribution < 1.29 is 0 Å². The SMILES string of the molecule is CC1CCn2c(nc(-c3cnn(C)c3)c2N)C1. The van der Waals surface area contributed by atoms with E-state index in [1.807, 2.05) is 19.4 Å². The van der Waals surface area contributed by atoms with Gasteiger partial charge in [-0.1, -0.05) is 6.92 Å². The van der Waals surface area contributed by atoms with Crippen LogP contribution in [0.2, 0.25) is 0 Å². The van der Waals surface area contributed by atoms with E-state index in [1.54, 1.807) is 4.68 Å². The van der Waals surface area contributed by atoms with Crippen LogP contribution in [0.1, 0.15) is 19.2 Å². The van der Waals surface area contributed by atoms with Gasteiger partial charge in [0.2, 0.25) is 0 Å². The molecule has 0 aromatic carbocycles. The van der Waals surface area contributed by atoms with Crippen LogP contribution >= 0.6 is 0 Å². The van der Waals surface area contributed by atoms with Gasteiger partial charge in [0.1, 0.15) is 17.3 Å². The van der Waals surface area contributed by atoms with Gasteiger partial charge in [0.25, 0.3) is 0 Å². The van der Waals surface area contributed by atoms with Crippen molar-refractivity contribution in [2.24, 2.45) is 13.0 Å². The number of hydrogen-bond donors (Lipinski definition) is 1. The fourth-order valence-corrected chi connectivity index (χ4v) is 2.44. The number of nitrogens with two attached hydrogens (primary N) is 1. The van der Waals surface area contributed by atoms with E-state index in [1.165, 1.54) is 6.42 Å². The molecule has 2 aromatic heterocycles. The van der Waals surface area contributed by atoms with E-state index < -0.39 is 0 Å². The van der Waals surface area contributed by atoms with Crippen LogP contribution in [0.25, 0.3) is 11.3 Å². The standard InChI is InChI=1S/C12H17N5/c1-8-3-4-17-10(5-8)15-11(12(17)13)9-6-14-16(2)7-9/h6-8H,3-5,13H2,1-2H3. The highest BCUT2D eigenvalue weighted by molar-refractivity contribution is 5.70. The lowest BCUT2D eigenvalue weighted by Crippen LogP contribution is -2.18. The van der Waals surface area contributed by atoms with Gasteiger partial charge in [-0.15, -0.1) is 0 Å². The van der Waals surface area contributed by atoms with E-state index in [2.05, 4.69) is 21.6 Å². The molecule has 2 aromatic rings. The molecule has 1 unspecified atom stereocenters. The molecule has 0 radical (unpaired) electrons. The highest BCUT2D eigenvalue weighted by atomic mass is 15.2. The van der Waals surface area contributed by atoms with E-state index >= 15 is 0 Å². The maximum Gasteiger partial charge on any atom is 0.131 e. The Kier molecular flexibility index (Phi) is 2.21. The summed E-state index contributed by atoms with van der Waals surface area (Å²) in [5.74, 6) is 2.59. The van der Waals surface area contributed by atoms with Gasteiger partial charge in [0.15, 0.2) is 0 Å². The Morgan fingerprint density at radius 3 is 3.00 bits per heavy atom. The summed E-state index contributed by atoms with van der Waals surface area (Å²) >= 11 is 0. The van der Waals surface area contributed by atoms with Crippen LogP contribution in [0.4, 0.5) is 5.82 Å². The number of imidazole rings is 1. The fourth-order valence-electron chi connectivity index (χ4n) is 2.44. The van der Waals surface area contributed by atoms with Crippen molar-refractivity contribution in [1.29, 1.82) is 0 Å². The molecule has 2 N–H and O–H groups in total.